The van der Waals surface area contributed by atoms with Gasteiger partial charge in [-0.2, -0.15) is 0 Å². The Kier molecular flexibility index (Phi) is 7.28. The SMILES string of the molecule is CCN(CC)C(=O)CN1CCCCC1c1nc2c(c(N(C)C)n1)CN(C(C)=O)CC2. The van der Waals surface area contributed by atoms with Crippen molar-refractivity contribution in [3.8, 4) is 0 Å². The zero-order chi connectivity index (χ0) is 21.8. The maximum Gasteiger partial charge on any atom is 0.236 e. The van der Waals surface area contributed by atoms with Crippen LogP contribution in [0.3, 0.4) is 0 Å². The summed E-state index contributed by atoms with van der Waals surface area (Å²) in [6.07, 6.45) is 3.94. The van der Waals surface area contributed by atoms with Crippen molar-refractivity contribution >= 4 is 17.6 Å². The lowest BCUT2D eigenvalue weighted by Crippen LogP contribution is -2.44. The average Bonchev–Trinajstić information content (AvgIpc) is 2.73. The van der Waals surface area contributed by atoms with Crippen molar-refractivity contribution in [3.63, 3.8) is 0 Å². The number of piperidine rings is 1. The lowest BCUT2D eigenvalue weighted by atomic mass is 9.99. The fraction of sp³-hybridized carbons (Fsp3) is 0.727. The Morgan fingerprint density at radius 3 is 2.47 bits per heavy atom. The van der Waals surface area contributed by atoms with Crippen molar-refractivity contribution in [1.29, 1.82) is 0 Å². The molecule has 1 aromatic rings. The topological polar surface area (TPSA) is 72.9 Å². The van der Waals surface area contributed by atoms with Gasteiger partial charge in [-0.25, -0.2) is 9.97 Å². The van der Waals surface area contributed by atoms with Crippen LogP contribution in [0, 0.1) is 0 Å². The van der Waals surface area contributed by atoms with Crippen LogP contribution in [0.2, 0.25) is 0 Å². The van der Waals surface area contributed by atoms with E-state index in [1.165, 1.54) is 0 Å². The van der Waals surface area contributed by atoms with Crippen molar-refractivity contribution in [2.24, 2.45) is 0 Å². The molecule has 1 fully saturated rings. The first-order valence-electron chi connectivity index (χ1n) is 11.2. The van der Waals surface area contributed by atoms with E-state index in [9.17, 15) is 9.59 Å². The molecular formula is C22H36N6O2. The second-order valence-corrected chi connectivity index (χ2v) is 8.46. The molecule has 2 aliphatic heterocycles. The summed E-state index contributed by atoms with van der Waals surface area (Å²) >= 11 is 0. The van der Waals surface area contributed by atoms with Crippen LogP contribution < -0.4 is 4.90 Å². The van der Waals surface area contributed by atoms with E-state index < -0.39 is 0 Å². The van der Waals surface area contributed by atoms with Crippen LogP contribution in [0.5, 0.6) is 0 Å². The lowest BCUT2D eigenvalue weighted by Gasteiger charge is -2.37. The number of rotatable bonds is 6. The quantitative estimate of drug-likeness (QED) is 0.705. The predicted molar refractivity (Wildman–Crippen MR) is 117 cm³/mol. The Labute approximate surface area is 180 Å². The van der Waals surface area contributed by atoms with Gasteiger partial charge in [0.05, 0.1) is 24.8 Å². The number of amides is 2. The Morgan fingerprint density at radius 2 is 1.83 bits per heavy atom. The van der Waals surface area contributed by atoms with Gasteiger partial charge in [0.1, 0.15) is 11.6 Å². The summed E-state index contributed by atoms with van der Waals surface area (Å²) in [5.41, 5.74) is 2.09. The summed E-state index contributed by atoms with van der Waals surface area (Å²) in [6, 6.07) is 0.0631. The van der Waals surface area contributed by atoms with Crippen LogP contribution >= 0.6 is 0 Å². The third kappa shape index (κ3) is 4.74. The van der Waals surface area contributed by atoms with Gasteiger partial charge in [-0.3, -0.25) is 14.5 Å². The van der Waals surface area contributed by atoms with Gasteiger partial charge >= 0.3 is 0 Å². The van der Waals surface area contributed by atoms with Gasteiger partial charge in [-0.1, -0.05) is 6.42 Å². The van der Waals surface area contributed by atoms with Crippen LogP contribution in [-0.2, 0) is 22.6 Å². The van der Waals surface area contributed by atoms with Crippen LogP contribution in [0.4, 0.5) is 5.82 Å². The van der Waals surface area contributed by atoms with Gasteiger partial charge in [0.15, 0.2) is 0 Å². The van der Waals surface area contributed by atoms with Crippen molar-refractivity contribution in [3.05, 3.63) is 17.1 Å². The molecule has 2 aliphatic rings. The summed E-state index contributed by atoms with van der Waals surface area (Å²) < 4.78 is 0. The lowest BCUT2D eigenvalue weighted by molar-refractivity contribution is -0.133. The van der Waals surface area contributed by atoms with E-state index >= 15 is 0 Å². The fourth-order valence-electron chi connectivity index (χ4n) is 4.53. The average molecular weight is 417 g/mol. The number of fused-ring (bicyclic) bond motifs is 1. The molecule has 0 bridgehead atoms. The number of carbonyl (C=O) groups is 2. The second kappa shape index (κ2) is 9.73. The zero-order valence-corrected chi connectivity index (χ0v) is 19.1. The number of carbonyl (C=O) groups excluding carboxylic acids is 2. The first kappa shape index (κ1) is 22.5. The molecule has 0 radical (unpaired) electrons. The first-order chi connectivity index (χ1) is 14.3. The molecule has 1 aromatic heterocycles. The predicted octanol–water partition coefficient (Wildman–Crippen LogP) is 1.84. The monoisotopic (exact) mass is 416 g/mol. The normalized spacial score (nSPS) is 19.4. The maximum absolute atomic E-state index is 12.8. The Morgan fingerprint density at radius 1 is 1.10 bits per heavy atom. The van der Waals surface area contributed by atoms with E-state index in [1.54, 1.807) is 6.92 Å². The Hall–Kier alpha value is -2.22. The van der Waals surface area contributed by atoms with Gasteiger partial charge in [-0.15, -0.1) is 0 Å². The minimum atomic E-state index is 0.0631. The molecular weight excluding hydrogens is 380 g/mol. The van der Waals surface area contributed by atoms with Gasteiger partial charge in [-0.05, 0) is 33.2 Å². The third-order valence-corrected chi connectivity index (χ3v) is 6.29. The number of aromatic nitrogens is 2. The van der Waals surface area contributed by atoms with Crippen LogP contribution in [0.15, 0.2) is 0 Å². The van der Waals surface area contributed by atoms with E-state index in [0.29, 0.717) is 19.6 Å². The van der Waals surface area contributed by atoms with E-state index in [0.717, 1.165) is 68.2 Å². The number of anilines is 1. The molecule has 30 heavy (non-hydrogen) atoms. The smallest absolute Gasteiger partial charge is 0.236 e. The number of nitrogens with zero attached hydrogens (tertiary/aromatic N) is 6. The molecule has 3 rings (SSSR count). The molecule has 2 amide bonds. The molecule has 1 atom stereocenters. The summed E-state index contributed by atoms with van der Waals surface area (Å²) in [4.78, 5) is 42.6. The summed E-state index contributed by atoms with van der Waals surface area (Å²) in [7, 11) is 3.98. The van der Waals surface area contributed by atoms with Gasteiger partial charge in [0.25, 0.3) is 0 Å². The highest BCUT2D eigenvalue weighted by Crippen LogP contribution is 2.33. The maximum atomic E-state index is 12.8. The van der Waals surface area contributed by atoms with Crippen molar-refractivity contribution < 1.29 is 9.59 Å². The standard InChI is InChI=1S/C22H36N6O2/c1-6-26(7-2)20(30)15-28-12-9-8-10-19(28)21-23-18-11-13-27(16(3)29)14-17(18)22(24-21)25(4)5/h19H,6-15H2,1-5H3. The second-order valence-electron chi connectivity index (χ2n) is 8.46. The minimum absolute atomic E-state index is 0.0631. The number of hydrogen-bond donors (Lipinski definition) is 0. The van der Waals surface area contributed by atoms with Gasteiger partial charge in [0.2, 0.25) is 11.8 Å². The first-order valence-corrected chi connectivity index (χ1v) is 11.2. The molecule has 166 valence electrons. The van der Waals surface area contributed by atoms with E-state index in [1.807, 2.05) is 42.6 Å². The Bertz CT molecular complexity index is 777. The molecule has 0 spiro atoms. The number of likely N-dealkylation sites (N-methyl/N-ethyl adjacent to an activating group) is 1. The highest BCUT2D eigenvalue weighted by Gasteiger charge is 2.32. The molecule has 1 saturated heterocycles. The summed E-state index contributed by atoms with van der Waals surface area (Å²) in [6.45, 7) is 9.71. The molecule has 3 heterocycles. The molecule has 1 unspecified atom stereocenters. The molecule has 0 aliphatic carbocycles. The van der Waals surface area contributed by atoms with Gasteiger partial charge in [0, 0.05) is 52.6 Å². The summed E-state index contributed by atoms with van der Waals surface area (Å²) in [5, 5.41) is 0. The molecule has 8 heteroatoms. The highest BCUT2D eigenvalue weighted by molar-refractivity contribution is 5.78. The van der Waals surface area contributed by atoms with Crippen LogP contribution in [-0.4, -0.2) is 83.3 Å². The summed E-state index contributed by atoms with van der Waals surface area (Å²) in [5.74, 6) is 1.97. The highest BCUT2D eigenvalue weighted by atomic mass is 16.2. The van der Waals surface area contributed by atoms with Crippen LogP contribution in [0.25, 0.3) is 0 Å². The molecule has 0 aromatic carbocycles. The van der Waals surface area contributed by atoms with Crippen molar-refractivity contribution in [1.82, 2.24) is 24.7 Å². The molecule has 0 N–H and O–H groups in total. The number of hydrogen-bond acceptors (Lipinski definition) is 6. The van der Waals surface area contributed by atoms with Crippen molar-refractivity contribution in [2.45, 2.75) is 59.0 Å². The van der Waals surface area contributed by atoms with Crippen molar-refractivity contribution in [2.75, 3.05) is 51.7 Å². The third-order valence-electron chi connectivity index (χ3n) is 6.29. The molecule has 8 nitrogen and oxygen atoms in total. The molecule has 0 saturated carbocycles. The van der Waals surface area contributed by atoms with E-state index in [-0.39, 0.29) is 17.9 Å². The van der Waals surface area contributed by atoms with Gasteiger partial charge < -0.3 is 14.7 Å². The van der Waals surface area contributed by atoms with E-state index in [4.69, 9.17) is 9.97 Å². The minimum Gasteiger partial charge on any atom is -0.362 e. The number of likely N-dealkylation sites (tertiary alicyclic amines) is 1. The Balaban J connectivity index is 1.90. The zero-order valence-electron chi connectivity index (χ0n) is 19.1. The fourth-order valence-corrected chi connectivity index (χ4v) is 4.53. The van der Waals surface area contributed by atoms with Crippen LogP contribution in [0.1, 0.15) is 63.2 Å². The largest absolute Gasteiger partial charge is 0.362 e. The van der Waals surface area contributed by atoms with E-state index in [2.05, 4.69) is 4.90 Å².